The standard InChI is InChI=1S/C13H21ClS/c1-7(2)10-11(14)13(9(5)6)15-12(10)8(3)4/h7-9H,1-6H3. The molecule has 0 fully saturated rings. The number of halogens is 1. The molecular formula is C13H21ClS. The Morgan fingerprint density at radius 1 is 0.800 bits per heavy atom. The molecule has 0 aliphatic rings. The van der Waals surface area contributed by atoms with Crippen LogP contribution in [-0.4, -0.2) is 0 Å². The summed E-state index contributed by atoms with van der Waals surface area (Å²) in [6.07, 6.45) is 0. The van der Waals surface area contributed by atoms with Gasteiger partial charge in [0.2, 0.25) is 0 Å². The van der Waals surface area contributed by atoms with Crippen LogP contribution in [0.3, 0.4) is 0 Å². The van der Waals surface area contributed by atoms with Gasteiger partial charge in [-0.1, -0.05) is 53.1 Å². The highest BCUT2D eigenvalue weighted by atomic mass is 35.5. The van der Waals surface area contributed by atoms with Crippen molar-refractivity contribution in [3.63, 3.8) is 0 Å². The lowest BCUT2D eigenvalue weighted by Gasteiger charge is -2.10. The van der Waals surface area contributed by atoms with Crippen LogP contribution in [-0.2, 0) is 0 Å². The molecule has 0 aliphatic carbocycles. The fourth-order valence-electron chi connectivity index (χ4n) is 1.80. The predicted molar refractivity (Wildman–Crippen MR) is 71.6 cm³/mol. The fourth-order valence-corrected chi connectivity index (χ4v) is 3.86. The highest BCUT2D eigenvalue weighted by molar-refractivity contribution is 7.13. The molecule has 0 saturated heterocycles. The van der Waals surface area contributed by atoms with Crippen molar-refractivity contribution in [1.82, 2.24) is 0 Å². The third kappa shape index (κ3) is 2.57. The maximum absolute atomic E-state index is 6.47. The third-order valence-electron chi connectivity index (χ3n) is 2.56. The van der Waals surface area contributed by atoms with Crippen LogP contribution in [0.4, 0.5) is 0 Å². The van der Waals surface area contributed by atoms with Gasteiger partial charge in [0.1, 0.15) is 0 Å². The van der Waals surface area contributed by atoms with Gasteiger partial charge in [-0.3, -0.25) is 0 Å². The van der Waals surface area contributed by atoms with Crippen LogP contribution in [0.1, 0.15) is 74.6 Å². The number of hydrogen-bond acceptors (Lipinski definition) is 1. The predicted octanol–water partition coefficient (Wildman–Crippen LogP) is 5.77. The summed E-state index contributed by atoms with van der Waals surface area (Å²) in [6.45, 7) is 13.4. The molecule has 15 heavy (non-hydrogen) atoms. The smallest absolute Gasteiger partial charge is 0.0585 e. The van der Waals surface area contributed by atoms with Gasteiger partial charge >= 0.3 is 0 Å². The van der Waals surface area contributed by atoms with Crippen molar-refractivity contribution in [3.05, 3.63) is 20.3 Å². The number of hydrogen-bond donors (Lipinski definition) is 0. The summed E-state index contributed by atoms with van der Waals surface area (Å²) in [5, 5.41) is 1.02. The van der Waals surface area contributed by atoms with Crippen LogP contribution < -0.4 is 0 Å². The molecule has 1 rings (SSSR count). The normalized spacial score (nSPS) is 12.1. The van der Waals surface area contributed by atoms with Gasteiger partial charge in [-0.2, -0.15) is 0 Å². The maximum Gasteiger partial charge on any atom is 0.0585 e. The first kappa shape index (κ1) is 13.1. The molecule has 86 valence electrons. The molecule has 0 aromatic carbocycles. The second-order valence-electron chi connectivity index (χ2n) is 5.02. The molecule has 0 aliphatic heterocycles. The van der Waals surface area contributed by atoms with Crippen molar-refractivity contribution in [2.45, 2.75) is 59.3 Å². The Kier molecular flexibility index (Phi) is 4.25. The lowest BCUT2D eigenvalue weighted by molar-refractivity contribution is 0.807. The van der Waals surface area contributed by atoms with Crippen molar-refractivity contribution in [2.24, 2.45) is 0 Å². The largest absolute Gasteiger partial charge is 0.143 e. The SMILES string of the molecule is CC(C)c1sc(C(C)C)c(C(C)C)c1Cl. The van der Waals surface area contributed by atoms with Crippen molar-refractivity contribution in [3.8, 4) is 0 Å². The third-order valence-corrected chi connectivity index (χ3v) is 4.89. The van der Waals surface area contributed by atoms with Crippen LogP contribution in [0, 0.1) is 0 Å². The van der Waals surface area contributed by atoms with Gasteiger partial charge in [-0.25, -0.2) is 0 Å². The average molecular weight is 245 g/mol. The van der Waals surface area contributed by atoms with E-state index >= 15 is 0 Å². The number of thiophene rings is 1. The Morgan fingerprint density at radius 2 is 1.27 bits per heavy atom. The monoisotopic (exact) mass is 244 g/mol. The molecule has 0 bridgehead atoms. The first-order valence-corrected chi connectivity index (χ1v) is 6.87. The molecule has 0 N–H and O–H groups in total. The first-order chi connectivity index (χ1) is 6.86. The molecule has 0 saturated carbocycles. The topological polar surface area (TPSA) is 0 Å². The molecule has 1 aromatic heterocycles. The van der Waals surface area contributed by atoms with E-state index in [1.807, 2.05) is 11.3 Å². The Labute approximate surface area is 103 Å². The van der Waals surface area contributed by atoms with Gasteiger partial charge in [0, 0.05) is 9.75 Å². The summed E-state index contributed by atoms with van der Waals surface area (Å²) < 4.78 is 0. The molecule has 0 spiro atoms. The van der Waals surface area contributed by atoms with Crippen molar-refractivity contribution in [2.75, 3.05) is 0 Å². The number of rotatable bonds is 3. The zero-order valence-electron chi connectivity index (χ0n) is 10.5. The first-order valence-electron chi connectivity index (χ1n) is 5.68. The maximum atomic E-state index is 6.47. The summed E-state index contributed by atoms with van der Waals surface area (Å²) in [5.74, 6) is 1.64. The summed E-state index contributed by atoms with van der Waals surface area (Å²) in [7, 11) is 0. The minimum atomic E-state index is 0.527. The van der Waals surface area contributed by atoms with Crippen LogP contribution in [0.15, 0.2) is 0 Å². The summed E-state index contributed by atoms with van der Waals surface area (Å²) in [6, 6.07) is 0. The highest BCUT2D eigenvalue weighted by Crippen LogP contribution is 2.44. The molecule has 0 radical (unpaired) electrons. The summed E-state index contributed by atoms with van der Waals surface area (Å²) >= 11 is 8.37. The fraction of sp³-hybridized carbons (Fsp3) is 0.692. The molecule has 0 amide bonds. The van der Waals surface area contributed by atoms with Crippen molar-refractivity contribution in [1.29, 1.82) is 0 Å². The minimum Gasteiger partial charge on any atom is -0.143 e. The molecule has 0 nitrogen and oxygen atoms in total. The van der Waals surface area contributed by atoms with Gasteiger partial charge in [0.05, 0.1) is 5.02 Å². The van der Waals surface area contributed by atoms with Gasteiger partial charge in [0.25, 0.3) is 0 Å². The lowest BCUT2D eigenvalue weighted by atomic mass is 9.97. The van der Waals surface area contributed by atoms with E-state index in [-0.39, 0.29) is 0 Å². The minimum absolute atomic E-state index is 0.527. The zero-order chi connectivity index (χ0) is 11.7. The lowest BCUT2D eigenvalue weighted by Crippen LogP contribution is -1.93. The molecule has 1 aromatic rings. The highest BCUT2D eigenvalue weighted by Gasteiger charge is 2.21. The van der Waals surface area contributed by atoms with E-state index in [0.717, 1.165) is 5.02 Å². The second kappa shape index (κ2) is 4.88. The van der Waals surface area contributed by atoms with Crippen LogP contribution in [0.5, 0.6) is 0 Å². The summed E-state index contributed by atoms with van der Waals surface area (Å²) in [5.41, 5.74) is 1.38. The van der Waals surface area contributed by atoms with Crippen LogP contribution >= 0.6 is 22.9 Å². The van der Waals surface area contributed by atoms with E-state index in [2.05, 4.69) is 41.5 Å². The van der Waals surface area contributed by atoms with E-state index < -0.39 is 0 Å². The van der Waals surface area contributed by atoms with Gasteiger partial charge in [-0.05, 0) is 23.3 Å². The van der Waals surface area contributed by atoms with Crippen LogP contribution in [0.2, 0.25) is 5.02 Å². The van der Waals surface area contributed by atoms with E-state index in [1.54, 1.807) is 0 Å². The average Bonchev–Trinajstić information content (AvgIpc) is 2.42. The van der Waals surface area contributed by atoms with Gasteiger partial charge in [-0.15, -0.1) is 11.3 Å². The Hall–Kier alpha value is -0.0100. The molecule has 0 atom stereocenters. The van der Waals surface area contributed by atoms with Gasteiger partial charge in [0.15, 0.2) is 0 Å². The summed E-state index contributed by atoms with van der Waals surface area (Å²) in [4.78, 5) is 2.82. The van der Waals surface area contributed by atoms with E-state index in [9.17, 15) is 0 Å². The van der Waals surface area contributed by atoms with E-state index in [1.165, 1.54) is 15.3 Å². The zero-order valence-corrected chi connectivity index (χ0v) is 12.1. The Balaban J connectivity index is 3.33. The van der Waals surface area contributed by atoms with E-state index in [0.29, 0.717) is 17.8 Å². The quantitative estimate of drug-likeness (QED) is 0.633. The molecule has 0 unspecified atom stereocenters. The second-order valence-corrected chi connectivity index (χ2v) is 6.48. The molecular weight excluding hydrogens is 224 g/mol. The van der Waals surface area contributed by atoms with E-state index in [4.69, 9.17) is 11.6 Å². The Morgan fingerprint density at radius 3 is 1.53 bits per heavy atom. The Bertz CT molecular complexity index is 335. The molecule has 2 heteroatoms. The van der Waals surface area contributed by atoms with Crippen molar-refractivity contribution >= 4 is 22.9 Å². The van der Waals surface area contributed by atoms with Crippen molar-refractivity contribution < 1.29 is 0 Å². The van der Waals surface area contributed by atoms with Gasteiger partial charge < -0.3 is 0 Å². The molecule has 1 heterocycles. The van der Waals surface area contributed by atoms with Crippen LogP contribution in [0.25, 0.3) is 0 Å².